The Kier molecular flexibility index (Phi) is 6.06. The Hall–Kier alpha value is -3.19. The summed E-state index contributed by atoms with van der Waals surface area (Å²) in [7, 11) is 0. The van der Waals surface area contributed by atoms with Gasteiger partial charge in [0.15, 0.2) is 5.60 Å². The molecule has 1 heterocycles. The summed E-state index contributed by atoms with van der Waals surface area (Å²) in [6.45, 7) is 1.36. The number of amides is 1. The third-order valence-corrected chi connectivity index (χ3v) is 5.12. The molecule has 0 radical (unpaired) electrons. The second kappa shape index (κ2) is 8.67. The molecule has 1 amide bonds. The lowest BCUT2D eigenvalue weighted by atomic mass is 9.82. The van der Waals surface area contributed by atoms with Gasteiger partial charge >= 0.3 is 0 Å². The number of hydrogen-bond donors (Lipinski definition) is 2. The highest BCUT2D eigenvalue weighted by Crippen LogP contribution is 2.28. The predicted molar refractivity (Wildman–Crippen MR) is 105 cm³/mol. The van der Waals surface area contributed by atoms with E-state index in [1.54, 1.807) is 12.1 Å². The van der Waals surface area contributed by atoms with Crippen LogP contribution in [0.4, 0.5) is 0 Å². The zero-order chi connectivity index (χ0) is 20.0. The standard InChI is InChI=1S/C22H22N4O2/c23-13-17-4-8-19(9-5-17)18-6-2-16(3-7-18)12-20(14-24)22(21(25)27)15-26-10-1-11-28-22/h2-9,20,26H,1,10-12,15H2,(H2,25,27)/t20-,22+/m0/s1. The SMILES string of the molecule is N#Cc1ccc(-c2ccc(C[C@@H](C#N)[C@@]3(C(N)=O)CNCCCO3)cc2)cc1. The van der Waals surface area contributed by atoms with Crippen LogP contribution in [-0.4, -0.2) is 31.2 Å². The van der Waals surface area contributed by atoms with Gasteiger partial charge in [-0.05, 0) is 48.2 Å². The Morgan fingerprint density at radius 3 is 2.36 bits per heavy atom. The molecule has 6 nitrogen and oxygen atoms in total. The molecule has 142 valence electrons. The molecule has 0 bridgehead atoms. The van der Waals surface area contributed by atoms with E-state index < -0.39 is 17.4 Å². The van der Waals surface area contributed by atoms with E-state index >= 15 is 0 Å². The molecule has 6 heteroatoms. The molecular formula is C22H22N4O2. The number of ether oxygens (including phenoxy) is 1. The summed E-state index contributed by atoms with van der Waals surface area (Å²) in [5, 5.41) is 21.8. The smallest absolute Gasteiger partial charge is 0.252 e. The maximum atomic E-state index is 12.2. The molecule has 1 fully saturated rings. The van der Waals surface area contributed by atoms with Crippen LogP contribution < -0.4 is 11.1 Å². The topological polar surface area (TPSA) is 112 Å². The number of nitrogens with two attached hydrogens (primary N) is 1. The number of nitrogens with one attached hydrogen (secondary N) is 1. The first-order valence-electron chi connectivity index (χ1n) is 9.23. The fraction of sp³-hybridized carbons (Fsp3) is 0.318. The van der Waals surface area contributed by atoms with Gasteiger partial charge in [0.1, 0.15) is 0 Å². The molecule has 28 heavy (non-hydrogen) atoms. The Balaban J connectivity index is 1.80. The van der Waals surface area contributed by atoms with Crippen molar-refractivity contribution in [1.29, 1.82) is 10.5 Å². The van der Waals surface area contributed by atoms with E-state index in [0.717, 1.165) is 29.7 Å². The van der Waals surface area contributed by atoms with E-state index in [0.29, 0.717) is 18.6 Å². The Bertz CT molecular complexity index is 900. The van der Waals surface area contributed by atoms with Crippen molar-refractivity contribution in [3.05, 3.63) is 59.7 Å². The molecule has 2 aromatic rings. The molecule has 0 aromatic heterocycles. The maximum Gasteiger partial charge on any atom is 0.252 e. The van der Waals surface area contributed by atoms with Gasteiger partial charge in [0, 0.05) is 13.2 Å². The van der Waals surface area contributed by atoms with Crippen molar-refractivity contribution < 1.29 is 9.53 Å². The van der Waals surface area contributed by atoms with Crippen molar-refractivity contribution in [3.63, 3.8) is 0 Å². The number of carbonyl (C=O) groups is 1. The average Bonchev–Trinajstić information content (AvgIpc) is 3.00. The number of nitrogens with zero attached hydrogens (tertiary/aromatic N) is 2. The highest BCUT2D eigenvalue weighted by molar-refractivity contribution is 5.85. The second-order valence-electron chi connectivity index (χ2n) is 6.90. The van der Waals surface area contributed by atoms with Crippen LogP contribution in [-0.2, 0) is 16.0 Å². The number of nitriles is 2. The maximum absolute atomic E-state index is 12.2. The van der Waals surface area contributed by atoms with E-state index in [1.807, 2.05) is 36.4 Å². The highest BCUT2D eigenvalue weighted by Gasteiger charge is 2.46. The predicted octanol–water partition coefficient (Wildman–Crippen LogP) is 2.14. The number of carbonyl (C=O) groups excluding carboxylic acids is 1. The highest BCUT2D eigenvalue weighted by atomic mass is 16.5. The van der Waals surface area contributed by atoms with E-state index in [-0.39, 0.29) is 6.54 Å². The summed E-state index contributed by atoms with van der Waals surface area (Å²) < 4.78 is 5.81. The van der Waals surface area contributed by atoms with Crippen LogP contribution in [0.5, 0.6) is 0 Å². The van der Waals surface area contributed by atoms with Gasteiger partial charge in [0.2, 0.25) is 0 Å². The van der Waals surface area contributed by atoms with Gasteiger partial charge in [-0.2, -0.15) is 10.5 Å². The third-order valence-electron chi connectivity index (χ3n) is 5.12. The second-order valence-corrected chi connectivity index (χ2v) is 6.90. The van der Waals surface area contributed by atoms with Crippen LogP contribution in [0.1, 0.15) is 17.5 Å². The van der Waals surface area contributed by atoms with Gasteiger partial charge in [-0.1, -0.05) is 36.4 Å². The molecule has 0 saturated carbocycles. The van der Waals surface area contributed by atoms with Crippen molar-refractivity contribution in [1.82, 2.24) is 5.32 Å². The molecule has 1 aliphatic rings. The van der Waals surface area contributed by atoms with Crippen LogP contribution in [0.3, 0.4) is 0 Å². The van der Waals surface area contributed by atoms with Gasteiger partial charge in [-0.3, -0.25) is 4.79 Å². The molecular weight excluding hydrogens is 352 g/mol. The Labute approximate surface area is 164 Å². The number of primary amides is 1. The molecule has 0 unspecified atom stereocenters. The van der Waals surface area contributed by atoms with Crippen molar-refractivity contribution in [2.45, 2.75) is 18.4 Å². The Morgan fingerprint density at radius 1 is 1.14 bits per heavy atom. The fourth-order valence-corrected chi connectivity index (χ4v) is 3.45. The summed E-state index contributed by atoms with van der Waals surface area (Å²) in [6.07, 6.45) is 1.14. The van der Waals surface area contributed by atoms with Crippen LogP contribution in [0, 0.1) is 28.6 Å². The minimum atomic E-state index is -1.32. The molecule has 0 spiro atoms. The van der Waals surface area contributed by atoms with E-state index in [9.17, 15) is 10.1 Å². The molecule has 1 saturated heterocycles. The summed E-state index contributed by atoms with van der Waals surface area (Å²) >= 11 is 0. The minimum absolute atomic E-state index is 0.240. The number of benzene rings is 2. The van der Waals surface area contributed by atoms with E-state index in [4.69, 9.17) is 15.7 Å². The molecule has 2 aromatic carbocycles. The van der Waals surface area contributed by atoms with Crippen molar-refractivity contribution in [2.75, 3.05) is 19.7 Å². The lowest BCUT2D eigenvalue weighted by Gasteiger charge is -2.33. The normalized spacial score (nSPS) is 20.4. The summed E-state index contributed by atoms with van der Waals surface area (Å²) in [5.74, 6) is -1.29. The molecule has 1 aliphatic heterocycles. The van der Waals surface area contributed by atoms with Gasteiger partial charge in [-0.15, -0.1) is 0 Å². The van der Waals surface area contributed by atoms with Crippen molar-refractivity contribution in [2.24, 2.45) is 11.7 Å². The summed E-state index contributed by atoms with van der Waals surface area (Å²) in [6, 6.07) is 19.5. The first kappa shape index (κ1) is 19.6. The van der Waals surface area contributed by atoms with Gasteiger partial charge < -0.3 is 15.8 Å². The quantitative estimate of drug-likeness (QED) is 0.833. The average molecular weight is 374 g/mol. The zero-order valence-electron chi connectivity index (χ0n) is 15.5. The lowest BCUT2D eigenvalue weighted by Crippen LogP contribution is -2.57. The first-order valence-corrected chi connectivity index (χ1v) is 9.23. The van der Waals surface area contributed by atoms with E-state index in [2.05, 4.69) is 17.5 Å². The summed E-state index contributed by atoms with van der Waals surface area (Å²) in [5.41, 5.74) is 7.89. The third kappa shape index (κ3) is 4.04. The van der Waals surface area contributed by atoms with E-state index in [1.165, 1.54) is 0 Å². The van der Waals surface area contributed by atoms with Gasteiger partial charge in [0.25, 0.3) is 5.91 Å². The zero-order valence-corrected chi connectivity index (χ0v) is 15.5. The van der Waals surface area contributed by atoms with Gasteiger partial charge in [-0.25, -0.2) is 0 Å². The van der Waals surface area contributed by atoms with Crippen molar-refractivity contribution >= 4 is 5.91 Å². The molecule has 2 atom stereocenters. The monoisotopic (exact) mass is 374 g/mol. The first-order chi connectivity index (χ1) is 13.6. The number of hydrogen-bond acceptors (Lipinski definition) is 5. The molecule has 3 N–H and O–H groups in total. The van der Waals surface area contributed by atoms with Crippen LogP contribution in [0.15, 0.2) is 48.5 Å². The van der Waals surface area contributed by atoms with Crippen LogP contribution >= 0.6 is 0 Å². The lowest BCUT2D eigenvalue weighted by molar-refractivity contribution is -0.147. The van der Waals surface area contributed by atoms with Crippen molar-refractivity contribution in [3.8, 4) is 23.3 Å². The van der Waals surface area contributed by atoms with Crippen LogP contribution in [0.25, 0.3) is 11.1 Å². The fourth-order valence-electron chi connectivity index (χ4n) is 3.45. The van der Waals surface area contributed by atoms with Gasteiger partial charge in [0.05, 0.1) is 23.6 Å². The minimum Gasteiger partial charge on any atom is -0.367 e. The van der Waals surface area contributed by atoms with Crippen LogP contribution in [0.2, 0.25) is 0 Å². The molecule has 0 aliphatic carbocycles. The summed E-state index contributed by atoms with van der Waals surface area (Å²) in [4.78, 5) is 12.2. The Morgan fingerprint density at radius 2 is 1.79 bits per heavy atom. The number of rotatable bonds is 5. The molecule has 3 rings (SSSR count). The largest absolute Gasteiger partial charge is 0.367 e.